The number of amides is 1. The molecule has 1 amide bonds. The van der Waals surface area contributed by atoms with Crippen LogP contribution in [-0.2, 0) is 0 Å². The number of nitrogens with zero attached hydrogens (tertiary/aromatic N) is 2. The molecule has 2 rings (SSSR count). The summed E-state index contributed by atoms with van der Waals surface area (Å²) in [6.45, 7) is -1.61. The van der Waals surface area contributed by atoms with Crippen molar-refractivity contribution in [1.82, 2.24) is 0 Å². The smallest absolute Gasteiger partial charge is 0.422 e. The molecule has 32 heavy (non-hydrogen) atoms. The summed E-state index contributed by atoms with van der Waals surface area (Å²) >= 11 is 0. The van der Waals surface area contributed by atoms with Crippen LogP contribution < -0.4 is 24.3 Å². The van der Waals surface area contributed by atoms with Gasteiger partial charge in [-0.15, -0.1) is 0 Å². The average molecular weight is 455 g/mol. The number of nitriles is 1. The first-order valence-corrected chi connectivity index (χ1v) is 8.58. The molecule has 0 aliphatic carbocycles. The Hall–Kier alpha value is -4.21. The lowest BCUT2D eigenvalue weighted by atomic mass is 10.1. The minimum Gasteiger partial charge on any atom is -0.493 e. The van der Waals surface area contributed by atoms with Gasteiger partial charge >= 0.3 is 11.9 Å². The maximum absolute atomic E-state index is 12.8. The number of ether oxygens (including phenoxy) is 4. The topological polar surface area (TPSA) is 133 Å². The SMILES string of the molecule is COc1cc(C(=O)Nc2ccc(OCC(F)(F)F)c(C#N)c2)c([N+](=O)[O-])c(OC)c1OC. The maximum atomic E-state index is 12.8. The minimum atomic E-state index is -4.61. The monoisotopic (exact) mass is 455 g/mol. The van der Waals surface area contributed by atoms with Gasteiger partial charge in [-0.1, -0.05) is 0 Å². The highest BCUT2D eigenvalue weighted by Crippen LogP contribution is 2.46. The van der Waals surface area contributed by atoms with Gasteiger partial charge in [0, 0.05) is 11.8 Å². The molecule has 13 heteroatoms. The zero-order chi connectivity index (χ0) is 24.1. The normalized spacial score (nSPS) is 10.7. The van der Waals surface area contributed by atoms with Gasteiger partial charge in [0.05, 0.1) is 31.8 Å². The van der Waals surface area contributed by atoms with E-state index in [1.165, 1.54) is 20.3 Å². The van der Waals surface area contributed by atoms with Crippen molar-refractivity contribution in [1.29, 1.82) is 5.26 Å². The highest BCUT2D eigenvalue weighted by Gasteiger charge is 2.33. The highest BCUT2D eigenvalue weighted by atomic mass is 19.4. The van der Waals surface area contributed by atoms with Crippen LogP contribution in [0.25, 0.3) is 0 Å². The van der Waals surface area contributed by atoms with Crippen LogP contribution in [0.4, 0.5) is 24.5 Å². The number of carbonyl (C=O) groups is 1. The summed E-state index contributed by atoms with van der Waals surface area (Å²) in [7, 11) is 3.63. The van der Waals surface area contributed by atoms with E-state index in [-0.39, 0.29) is 34.2 Å². The molecule has 0 aliphatic heterocycles. The number of carbonyl (C=O) groups excluding carboxylic acids is 1. The van der Waals surface area contributed by atoms with Gasteiger partial charge in [0.15, 0.2) is 12.4 Å². The molecule has 10 nitrogen and oxygen atoms in total. The Balaban J connectivity index is 2.44. The summed E-state index contributed by atoms with van der Waals surface area (Å²) in [5.41, 5.74) is -1.45. The van der Waals surface area contributed by atoms with Crippen molar-refractivity contribution >= 4 is 17.3 Å². The molecule has 0 unspecified atom stereocenters. The van der Waals surface area contributed by atoms with Crippen molar-refractivity contribution in [2.24, 2.45) is 0 Å². The number of benzene rings is 2. The van der Waals surface area contributed by atoms with E-state index in [1.807, 2.05) is 0 Å². The van der Waals surface area contributed by atoms with E-state index in [0.29, 0.717) is 0 Å². The van der Waals surface area contributed by atoms with Gasteiger partial charge in [-0.3, -0.25) is 14.9 Å². The highest BCUT2D eigenvalue weighted by molar-refractivity contribution is 6.08. The van der Waals surface area contributed by atoms with Gasteiger partial charge in [0.2, 0.25) is 11.5 Å². The lowest BCUT2D eigenvalue weighted by Gasteiger charge is -2.15. The van der Waals surface area contributed by atoms with Crippen molar-refractivity contribution in [3.63, 3.8) is 0 Å². The van der Waals surface area contributed by atoms with Crippen molar-refractivity contribution in [2.45, 2.75) is 6.18 Å². The van der Waals surface area contributed by atoms with E-state index in [9.17, 15) is 33.3 Å². The van der Waals surface area contributed by atoms with E-state index in [1.54, 1.807) is 6.07 Å². The third kappa shape index (κ3) is 5.28. The van der Waals surface area contributed by atoms with Gasteiger partial charge in [0.1, 0.15) is 17.4 Å². The van der Waals surface area contributed by atoms with E-state index < -0.39 is 34.9 Å². The Kier molecular flexibility index (Phi) is 7.32. The zero-order valence-corrected chi connectivity index (χ0v) is 16.9. The first kappa shape index (κ1) is 24.1. The third-order valence-corrected chi connectivity index (χ3v) is 3.98. The van der Waals surface area contributed by atoms with Gasteiger partial charge in [-0.25, -0.2) is 0 Å². The number of halogens is 3. The second-order valence-electron chi connectivity index (χ2n) is 5.98. The van der Waals surface area contributed by atoms with E-state index in [2.05, 4.69) is 10.1 Å². The fourth-order valence-corrected chi connectivity index (χ4v) is 2.67. The molecule has 170 valence electrons. The summed E-state index contributed by atoms with van der Waals surface area (Å²) in [6, 6.07) is 6.03. The Morgan fingerprint density at radius 3 is 2.28 bits per heavy atom. The predicted octanol–water partition coefficient (Wildman–Crippen LogP) is 3.69. The van der Waals surface area contributed by atoms with Crippen LogP contribution in [0.3, 0.4) is 0 Å². The van der Waals surface area contributed by atoms with Crippen LogP contribution in [-0.4, -0.2) is 44.9 Å². The quantitative estimate of drug-likeness (QED) is 0.471. The van der Waals surface area contributed by atoms with Crippen LogP contribution in [0.15, 0.2) is 24.3 Å². The molecule has 0 bridgehead atoms. The van der Waals surface area contributed by atoms with Gasteiger partial charge in [-0.2, -0.15) is 18.4 Å². The molecule has 0 heterocycles. The number of methoxy groups -OCH3 is 3. The summed E-state index contributed by atoms with van der Waals surface area (Å²) in [6.07, 6.45) is -4.61. The van der Waals surface area contributed by atoms with Crippen LogP contribution >= 0.6 is 0 Å². The predicted molar refractivity (Wildman–Crippen MR) is 103 cm³/mol. The van der Waals surface area contributed by atoms with Crippen molar-refractivity contribution in [3.05, 3.63) is 45.5 Å². The van der Waals surface area contributed by atoms with Crippen molar-refractivity contribution in [3.8, 4) is 29.1 Å². The molecule has 0 aliphatic rings. The molecule has 2 aromatic rings. The summed E-state index contributed by atoms with van der Waals surface area (Å²) in [5, 5.41) is 23.1. The lowest BCUT2D eigenvalue weighted by Crippen LogP contribution is -2.19. The first-order valence-electron chi connectivity index (χ1n) is 8.58. The van der Waals surface area contributed by atoms with Crippen LogP contribution in [0.2, 0.25) is 0 Å². The third-order valence-electron chi connectivity index (χ3n) is 3.98. The van der Waals surface area contributed by atoms with Crippen LogP contribution in [0.5, 0.6) is 23.0 Å². The van der Waals surface area contributed by atoms with Crippen molar-refractivity contribution < 1.29 is 41.8 Å². The van der Waals surface area contributed by atoms with E-state index in [0.717, 1.165) is 25.3 Å². The van der Waals surface area contributed by atoms with E-state index in [4.69, 9.17) is 14.2 Å². The number of rotatable bonds is 8. The van der Waals surface area contributed by atoms with Gasteiger partial charge in [0.25, 0.3) is 5.91 Å². The molecule has 0 spiro atoms. The Morgan fingerprint density at radius 1 is 1.12 bits per heavy atom. The number of nitro benzene ring substituents is 1. The van der Waals surface area contributed by atoms with E-state index >= 15 is 0 Å². The number of alkyl halides is 3. The molecule has 0 fully saturated rings. The second kappa shape index (κ2) is 9.73. The number of anilines is 1. The fraction of sp³-hybridized carbons (Fsp3) is 0.263. The standard InChI is InChI=1S/C19H16F3N3O7/c1-29-14-7-12(15(25(27)28)17(31-3)16(14)30-2)18(26)24-11-4-5-13(10(6-11)8-23)32-9-19(20,21)22/h4-7H,9H2,1-3H3,(H,24,26). The zero-order valence-electron chi connectivity index (χ0n) is 16.9. The van der Waals surface area contributed by atoms with Crippen molar-refractivity contribution in [2.75, 3.05) is 33.3 Å². The molecular formula is C19H16F3N3O7. The molecule has 0 radical (unpaired) electrons. The van der Waals surface area contributed by atoms with Gasteiger partial charge in [-0.05, 0) is 18.2 Å². The molecule has 1 N–H and O–H groups in total. The first-order chi connectivity index (χ1) is 15.1. The molecule has 0 aromatic heterocycles. The summed E-state index contributed by atoms with van der Waals surface area (Å²) < 4.78 is 56.8. The summed E-state index contributed by atoms with van der Waals surface area (Å²) in [5.74, 6) is -1.79. The lowest BCUT2D eigenvalue weighted by molar-refractivity contribution is -0.386. The van der Waals surface area contributed by atoms with Gasteiger partial charge < -0.3 is 24.3 Å². The summed E-state index contributed by atoms with van der Waals surface area (Å²) in [4.78, 5) is 23.6. The fourth-order valence-electron chi connectivity index (χ4n) is 2.67. The average Bonchev–Trinajstić information content (AvgIpc) is 2.75. The molecule has 2 aromatic carbocycles. The molecule has 0 atom stereocenters. The number of hydrogen-bond acceptors (Lipinski definition) is 8. The number of nitro groups is 1. The number of nitrogens with one attached hydrogen (secondary N) is 1. The molecule has 0 saturated carbocycles. The Morgan fingerprint density at radius 2 is 1.78 bits per heavy atom. The van der Waals surface area contributed by atoms with Crippen LogP contribution in [0.1, 0.15) is 15.9 Å². The minimum absolute atomic E-state index is 0.0195. The molecule has 0 saturated heterocycles. The molecular weight excluding hydrogens is 439 g/mol. The Labute approximate surface area is 179 Å². The number of hydrogen-bond donors (Lipinski definition) is 1. The Bertz CT molecular complexity index is 1080. The maximum Gasteiger partial charge on any atom is 0.422 e. The second-order valence-corrected chi connectivity index (χ2v) is 5.98. The van der Waals surface area contributed by atoms with Crippen LogP contribution in [0, 0.1) is 21.4 Å². The largest absolute Gasteiger partial charge is 0.493 e.